The topological polar surface area (TPSA) is 138 Å². The third-order valence-electron chi connectivity index (χ3n) is 7.51. The van der Waals surface area contributed by atoms with Crippen molar-refractivity contribution in [3.63, 3.8) is 0 Å². The van der Waals surface area contributed by atoms with Gasteiger partial charge in [0.2, 0.25) is 5.91 Å². The van der Waals surface area contributed by atoms with Crippen molar-refractivity contribution in [3.8, 4) is 5.82 Å². The fourth-order valence-electron chi connectivity index (χ4n) is 5.52. The normalized spacial score (nSPS) is 17.8. The third-order valence-corrected chi connectivity index (χ3v) is 8.60. The van der Waals surface area contributed by atoms with Gasteiger partial charge in [0.05, 0.1) is 28.1 Å². The van der Waals surface area contributed by atoms with Crippen LogP contribution in [0.1, 0.15) is 34.6 Å². The number of hydrogen-bond donors (Lipinski definition) is 3. The van der Waals surface area contributed by atoms with Crippen LogP contribution in [0.15, 0.2) is 66.2 Å². The van der Waals surface area contributed by atoms with Gasteiger partial charge in [-0.2, -0.15) is 0 Å². The van der Waals surface area contributed by atoms with Gasteiger partial charge >= 0.3 is 6.03 Å². The smallest absolute Gasteiger partial charge is 0.331 e. The molecule has 1 aliphatic heterocycles. The molecule has 2 atom stereocenters. The van der Waals surface area contributed by atoms with E-state index in [4.69, 9.17) is 0 Å². The summed E-state index contributed by atoms with van der Waals surface area (Å²) in [6.07, 6.45) is 7.13. The number of hydrogen-bond acceptors (Lipinski definition) is 7. The van der Waals surface area contributed by atoms with Gasteiger partial charge in [-0.1, -0.05) is 19.1 Å². The van der Waals surface area contributed by atoms with Gasteiger partial charge in [-0.05, 0) is 56.0 Å². The summed E-state index contributed by atoms with van der Waals surface area (Å²) in [7, 11) is 0. The number of urea groups is 1. The maximum Gasteiger partial charge on any atom is 0.331 e. The summed E-state index contributed by atoms with van der Waals surface area (Å²) in [6.45, 7) is 5.71. The second-order valence-corrected chi connectivity index (χ2v) is 11.0. The first-order valence-electron chi connectivity index (χ1n) is 13.2. The number of rotatable bonds is 7. The lowest BCUT2D eigenvalue weighted by molar-refractivity contribution is -0.116. The average Bonchev–Trinajstić information content (AvgIpc) is 3.57. The molecule has 11 nitrogen and oxygen atoms in total. The lowest BCUT2D eigenvalue weighted by Gasteiger charge is -2.29. The van der Waals surface area contributed by atoms with Crippen LogP contribution in [0.3, 0.4) is 0 Å². The summed E-state index contributed by atoms with van der Waals surface area (Å²) in [5, 5.41) is 9.53. The van der Waals surface area contributed by atoms with E-state index >= 15 is 0 Å². The molecule has 0 aromatic carbocycles. The standard InChI is InChI=1S/C29H27N7O4S/c1-3-22(37)31-15-17-7-6-8-18(17)33-27(39)26-25-24-20(12-13-30-28(24)41-26)36(29(40)34-25)19-10-11-21(32-16(19)2)35-14-5-4-9-23(35)38/h3-5,9-14,17-18H,1,6-8,15H2,2H3,(H,31,37)(H,33,39)(H,34,40)/t17-,18-/m1/s1. The minimum Gasteiger partial charge on any atom is -0.352 e. The van der Waals surface area contributed by atoms with Crippen LogP contribution in [-0.2, 0) is 4.79 Å². The molecular formula is C29H27N7O4S. The summed E-state index contributed by atoms with van der Waals surface area (Å²) in [5.41, 5.74) is 1.90. The van der Waals surface area contributed by atoms with Gasteiger partial charge in [-0.25, -0.2) is 14.8 Å². The van der Waals surface area contributed by atoms with E-state index in [2.05, 4.69) is 32.5 Å². The van der Waals surface area contributed by atoms with Crippen molar-refractivity contribution in [1.29, 1.82) is 0 Å². The number of aryl methyl sites for hydroxylation is 1. The highest BCUT2D eigenvalue weighted by atomic mass is 32.1. The Labute approximate surface area is 238 Å². The molecule has 1 saturated carbocycles. The van der Waals surface area contributed by atoms with E-state index in [1.54, 1.807) is 49.6 Å². The minimum absolute atomic E-state index is 0.0994. The SMILES string of the molecule is C=CC(=O)NC[C@H]1CCC[C@H]1NC(=O)c1sc2nccc3c2c1NC(=O)N3c1ccc(-n2ccccc2=O)nc1C. The zero-order valence-corrected chi connectivity index (χ0v) is 23.0. The van der Waals surface area contributed by atoms with Crippen LogP contribution < -0.4 is 26.4 Å². The maximum atomic E-state index is 13.5. The molecule has 0 unspecified atom stereocenters. The highest BCUT2D eigenvalue weighted by Gasteiger charge is 2.35. The Morgan fingerprint density at radius 2 is 2.02 bits per heavy atom. The molecule has 6 rings (SSSR count). The Hall–Kier alpha value is -4.84. The van der Waals surface area contributed by atoms with Crippen molar-refractivity contribution < 1.29 is 14.4 Å². The van der Waals surface area contributed by atoms with Crippen molar-refractivity contribution in [2.75, 3.05) is 16.8 Å². The molecule has 0 radical (unpaired) electrons. The summed E-state index contributed by atoms with van der Waals surface area (Å²) < 4.78 is 1.43. The quantitative estimate of drug-likeness (QED) is 0.287. The first kappa shape index (κ1) is 26.4. The van der Waals surface area contributed by atoms with Crippen molar-refractivity contribution in [2.45, 2.75) is 32.2 Å². The number of carbonyl (C=O) groups is 3. The summed E-state index contributed by atoms with van der Waals surface area (Å²) in [6, 6.07) is 9.51. The largest absolute Gasteiger partial charge is 0.352 e. The predicted octanol–water partition coefficient (Wildman–Crippen LogP) is 4.03. The molecule has 41 heavy (non-hydrogen) atoms. The van der Waals surface area contributed by atoms with Gasteiger partial charge in [0.15, 0.2) is 0 Å². The summed E-state index contributed by atoms with van der Waals surface area (Å²) >= 11 is 1.22. The van der Waals surface area contributed by atoms with Crippen LogP contribution in [-0.4, -0.2) is 45.0 Å². The molecule has 4 amide bonds. The van der Waals surface area contributed by atoms with Crippen molar-refractivity contribution >= 4 is 56.5 Å². The van der Waals surface area contributed by atoms with Crippen molar-refractivity contribution in [3.05, 3.63) is 82.4 Å². The van der Waals surface area contributed by atoms with E-state index in [0.29, 0.717) is 50.2 Å². The molecule has 0 saturated heterocycles. The second-order valence-electron chi connectivity index (χ2n) is 9.99. The number of pyridine rings is 3. The Bertz CT molecular complexity index is 1780. The molecular weight excluding hydrogens is 542 g/mol. The van der Waals surface area contributed by atoms with E-state index in [9.17, 15) is 19.2 Å². The third kappa shape index (κ3) is 4.76. The van der Waals surface area contributed by atoms with Crippen LogP contribution >= 0.6 is 11.3 Å². The highest BCUT2D eigenvalue weighted by Crippen LogP contribution is 2.46. The molecule has 0 spiro atoms. The highest BCUT2D eigenvalue weighted by molar-refractivity contribution is 7.21. The van der Waals surface area contributed by atoms with E-state index in [1.165, 1.54) is 32.9 Å². The van der Waals surface area contributed by atoms with Gasteiger partial charge in [0.25, 0.3) is 11.5 Å². The lowest BCUT2D eigenvalue weighted by Crippen LogP contribution is -2.42. The van der Waals surface area contributed by atoms with E-state index < -0.39 is 6.03 Å². The fraction of sp³-hybridized carbons (Fsp3) is 0.241. The first-order chi connectivity index (χ1) is 19.9. The average molecular weight is 570 g/mol. The molecule has 208 valence electrons. The summed E-state index contributed by atoms with van der Waals surface area (Å²) in [4.78, 5) is 62.5. The molecule has 4 aromatic rings. The van der Waals surface area contributed by atoms with Gasteiger partial charge in [-0.15, -0.1) is 11.3 Å². The van der Waals surface area contributed by atoms with E-state index in [0.717, 1.165) is 19.3 Å². The molecule has 1 aliphatic carbocycles. The minimum atomic E-state index is -0.433. The number of nitrogens with one attached hydrogen (secondary N) is 3. The van der Waals surface area contributed by atoms with Crippen LogP contribution in [0.2, 0.25) is 0 Å². The van der Waals surface area contributed by atoms with Gasteiger partial charge in [0, 0.05) is 31.0 Å². The number of thiophene rings is 1. The van der Waals surface area contributed by atoms with Crippen LogP contribution in [0.25, 0.3) is 16.0 Å². The van der Waals surface area contributed by atoms with Gasteiger partial charge in [0.1, 0.15) is 15.5 Å². The maximum absolute atomic E-state index is 13.5. The van der Waals surface area contributed by atoms with Crippen LogP contribution in [0, 0.1) is 12.8 Å². The van der Waals surface area contributed by atoms with Crippen molar-refractivity contribution in [2.24, 2.45) is 5.92 Å². The van der Waals surface area contributed by atoms with Crippen LogP contribution in [0.4, 0.5) is 21.9 Å². The Morgan fingerprint density at radius 3 is 2.80 bits per heavy atom. The monoisotopic (exact) mass is 569 g/mol. The van der Waals surface area contributed by atoms with Gasteiger partial charge in [-0.3, -0.25) is 23.9 Å². The molecule has 0 bridgehead atoms. The number of nitrogens with zero attached hydrogens (tertiary/aromatic N) is 4. The zero-order valence-electron chi connectivity index (χ0n) is 22.2. The number of carbonyl (C=O) groups excluding carboxylic acids is 3. The van der Waals surface area contributed by atoms with Crippen LogP contribution in [0.5, 0.6) is 0 Å². The van der Waals surface area contributed by atoms with Gasteiger partial charge < -0.3 is 16.0 Å². The predicted molar refractivity (Wildman–Crippen MR) is 157 cm³/mol. The summed E-state index contributed by atoms with van der Waals surface area (Å²) in [5.74, 6) is 0.0251. The molecule has 1 fully saturated rings. The number of anilines is 3. The Balaban J connectivity index is 1.31. The Morgan fingerprint density at radius 1 is 1.17 bits per heavy atom. The number of amides is 4. The molecule has 3 N–H and O–H groups in total. The van der Waals surface area contributed by atoms with Crippen molar-refractivity contribution in [1.82, 2.24) is 25.2 Å². The number of aromatic nitrogens is 3. The molecule has 12 heteroatoms. The second kappa shape index (κ2) is 10.6. The fourth-order valence-corrected chi connectivity index (χ4v) is 6.54. The van der Waals surface area contributed by atoms with E-state index in [1.807, 2.05) is 0 Å². The molecule has 4 aromatic heterocycles. The molecule has 5 heterocycles. The Kier molecular flexibility index (Phi) is 6.83. The van der Waals surface area contributed by atoms with E-state index in [-0.39, 0.29) is 29.3 Å². The molecule has 2 aliphatic rings. The zero-order chi connectivity index (χ0) is 28.7. The lowest BCUT2D eigenvalue weighted by atomic mass is 10.0. The first-order valence-corrected chi connectivity index (χ1v) is 14.1.